The molecule has 0 aliphatic heterocycles. The molecule has 116 valence electrons. The molecular weight excluding hydrogens is 342 g/mol. The van der Waals surface area contributed by atoms with Gasteiger partial charge in [-0.05, 0) is 29.7 Å². The van der Waals surface area contributed by atoms with Crippen LogP contribution in [-0.2, 0) is 17.8 Å². The van der Waals surface area contributed by atoms with Crippen molar-refractivity contribution in [3.05, 3.63) is 65.7 Å². The minimum Gasteiger partial charge on any atom is -0.489 e. The van der Waals surface area contributed by atoms with Gasteiger partial charge in [-0.15, -0.1) is 0 Å². The molecular formula is C18H20BrNO2. The Balaban J connectivity index is 1.81. The molecule has 0 aliphatic carbocycles. The predicted octanol–water partition coefficient (Wildman–Crippen LogP) is 3.71. The lowest BCUT2D eigenvalue weighted by Crippen LogP contribution is -2.25. The Bertz CT molecular complexity index is 587. The SMILES string of the molecule is O=C(CCBr)NCCc1cccc(OCc2ccccc2)c1. The minimum absolute atomic E-state index is 0.0772. The fourth-order valence-corrected chi connectivity index (χ4v) is 2.41. The number of halogens is 1. The van der Waals surface area contributed by atoms with Crippen molar-refractivity contribution in [2.24, 2.45) is 0 Å². The summed E-state index contributed by atoms with van der Waals surface area (Å²) in [5.74, 6) is 0.932. The van der Waals surface area contributed by atoms with Crippen LogP contribution in [0, 0.1) is 0 Å². The van der Waals surface area contributed by atoms with E-state index in [9.17, 15) is 4.79 Å². The standard InChI is InChI=1S/C18H20BrNO2/c19-11-9-18(21)20-12-10-15-7-4-8-17(13-15)22-14-16-5-2-1-3-6-16/h1-8,13H,9-12,14H2,(H,20,21). The molecule has 0 radical (unpaired) electrons. The molecule has 1 N–H and O–H groups in total. The van der Waals surface area contributed by atoms with Gasteiger partial charge in [-0.3, -0.25) is 4.79 Å². The number of carbonyl (C=O) groups is 1. The quantitative estimate of drug-likeness (QED) is 0.727. The van der Waals surface area contributed by atoms with Crippen molar-refractivity contribution in [3.8, 4) is 5.75 Å². The van der Waals surface area contributed by atoms with Crippen molar-refractivity contribution in [1.29, 1.82) is 0 Å². The van der Waals surface area contributed by atoms with E-state index in [0.29, 0.717) is 24.9 Å². The number of rotatable bonds is 8. The van der Waals surface area contributed by atoms with Gasteiger partial charge in [0.25, 0.3) is 0 Å². The molecule has 3 nitrogen and oxygen atoms in total. The summed E-state index contributed by atoms with van der Waals surface area (Å²) in [4.78, 5) is 11.4. The Morgan fingerprint density at radius 2 is 1.82 bits per heavy atom. The maximum atomic E-state index is 11.4. The molecule has 0 saturated carbocycles. The Morgan fingerprint density at radius 3 is 2.59 bits per heavy atom. The van der Waals surface area contributed by atoms with Crippen molar-refractivity contribution in [1.82, 2.24) is 5.32 Å². The van der Waals surface area contributed by atoms with Crippen LogP contribution >= 0.6 is 15.9 Å². The van der Waals surface area contributed by atoms with Crippen molar-refractivity contribution in [2.45, 2.75) is 19.4 Å². The predicted molar refractivity (Wildman–Crippen MR) is 92.3 cm³/mol. The van der Waals surface area contributed by atoms with Crippen LogP contribution in [0.15, 0.2) is 54.6 Å². The molecule has 0 aliphatic rings. The molecule has 4 heteroatoms. The molecule has 0 spiro atoms. The Labute approximate surface area is 139 Å². The number of hydrogen-bond donors (Lipinski definition) is 1. The highest BCUT2D eigenvalue weighted by Crippen LogP contribution is 2.15. The van der Waals surface area contributed by atoms with Gasteiger partial charge in [0.2, 0.25) is 5.91 Å². The zero-order valence-electron chi connectivity index (χ0n) is 12.4. The van der Waals surface area contributed by atoms with Crippen molar-refractivity contribution < 1.29 is 9.53 Å². The van der Waals surface area contributed by atoms with Crippen LogP contribution in [-0.4, -0.2) is 17.8 Å². The summed E-state index contributed by atoms with van der Waals surface area (Å²) in [5, 5.41) is 3.60. The summed E-state index contributed by atoms with van der Waals surface area (Å²) in [5.41, 5.74) is 2.31. The van der Waals surface area contributed by atoms with Gasteiger partial charge in [0.15, 0.2) is 0 Å². The number of hydrogen-bond acceptors (Lipinski definition) is 2. The third-order valence-electron chi connectivity index (χ3n) is 3.20. The summed E-state index contributed by atoms with van der Waals surface area (Å²) >= 11 is 3.26. The van der Waals surface area contributed by atoms with Crippen LogP contribution in [0.1, 0.15) is 17.5 Å². The molecule has 1 amide bonds. The highest BCUT2D eigenvalue weighted by Gasteiger charge is 2.01. The molecule has 0 heterocycles. The first kappa shape index (κ1) is 16.6. The van der Waals surface area contributed by atoms with Gasteiger partial charge in [-0.1, -0.05) is 58.4 Å². The summed E-state index contributed by atoms with van der Waals surface area (Å²) in [7, 11) is 0. The van der Waals surface area contributed by atoms with Crippen LogP contribution in [0.5, 0.6) is 5.75 Å². The topological polar surface area (TPSA) is 38.3 Å². The van der Waals surface area contributed by atoms with Crippen molar-refractivity contribution in [2.75, 3.05) is 11.9 Å². The number of benzene rings is 2. The van der Waals surface area contributed by atoms with Gasteiger partial charge in [-0.2, -0.15) is 0 Å². The molecule has 0 saturated heterocycles. The monoisotopic (exact) mass is 361 g/mol. The van der Waals surface area contributed by atoms with E-state index in [1.165, 1.54) is 0 Å². The fraction of sp³-hybridized carbons (Fsp3) is 0.278. The highest BCUT2D eigenvalue weighted by atomic mass is 79.9. The molecule has 0 unspecified atom stereocenters. The molecule has 22 heavy (non-hydrogen) atoms. The van der Waals surface area contributed by atoms with E-state index in [4.69, 9.17) is 4.74 Å². The van der Waals surface area contributed by atoms with E-state index in [2.05, 4.69) is 21.2 Å². The van der Waals surface area contributed by atoms with E-state index in [-0.39, 0.29) is 5.91 Å². The Kier molecular flexibility index (Phi) is 6.97. The summed E-state index contributed by atoms with van der Waals surface area (Å²) in [6, 6.07) is 18.1. The summed E-state index contributed by atoms with van der Waals surface area (Å²) in [6.07, 6.45) is 1.32. The number of alkyl halides is 1. The van der Waals surface area contributed by atoms with Crippen LogP contribution < -0.4 is 10.1 Å². The van der Waals surface area contributed by atoms with Crippen LogP contribution in [0.2, 0.25) is 0 Å². The average molecular weight is 362 g/mol. The number of amides is 1. The van der Waals surface area contributed by atoms with Gasteiger partial charge in [0, 0.05) is 18.3 Å². The second-order valence-electron chi connectivity index (χ2n) is 4.96. The van der Waals surface area contributed by atoms with E-state index >= 15 is 0 Å². The van der Waals surface area contributed by atoms with E-state index in [1.54, 1.807) is 0 Å². The smallest absolute Gasteiger partial charge is 0.220 e. The maximum absolute atomic E-state index is 11.4. The van der Waals surface area contributed by atoms with E-state index < -0.39 is 0 Å². The molecule has 2 rings (SSSR count). The first-order valence-corrected chi connectivity index (χ1v) is 8.48. The first-order valence-electron chi connectivity index (χ1n) is 7.36. The van der Waals surface area contributed by atoms with Crippen molar-refractivity contribution >= 4 is 21.8 Å². The van der Waals surface area contributed by atoms with Gasteiger partial charge in [-0.25, -0.2) is 0 Å². The zero-order chi connectivity index (χ0) is 15.6. The van der Waals surface area contributed by atoms with Gasteiger partial charge in [0.05, 0.1) is 0 Å². The molecule has 0 bridgehead atoms. The molecule has 0 atom stereocenters. The lowest BCUT2D eigenvalue weighted by atomic mass is 10.1. The largest absolute Gasteiger partial charge is 0.489 e. The van der Waals surface area contributed by atoms with E-state index in [1.807, 2.05) is 54.6 Å². The minimum atomic E-state index is 0.0772. The third kappa shape index (κ3) is 5.90. The highest BCUT2D eigenvalue weighted by molar-refractivity contribution is 9.09. The van der Waals surface area contributed by atoms with Gasteiger partial charge in [0.1, 0.15) is 12.4 Å². The number of ether oxygens (including phenoxy) is 1. The second-order valence-corrected chi connectivity index (χ2v) is 5.75. The summed E-state index contributed by atoms with van der Waals surface area (Å²) < 4.78 is 5.81. The zero-order valence-corrected chi connectivity index (χ0v) is 14.0. The second kappa shape index (κ2) is 9.26. The molecule has 2 aromatic carbocycles. The average Bonchev–Trinajstić information content (AvgIpc) is 2.55. The normalized spacial score (nSPS) is 10.2. The van der Waals surface area contributed by atoms with Crippen LogP contribution in [0.25, 0.3) is 0 Å². The number of nitrogens with one attached hydrogen (secondary N) is 1. The summed E-state index contributed by atoms with van der Waals surface area (Å²) in [6.45, 7) is 1.21. The van der Waals surface area contributed by atoms with Gasteiger partial charge >= 0.3 is 0 Å². The third-order valence-corrected chi connectivity index (χ3v) is 3.60. The molecule has 0 fully saturated rings. The van der Waals surface area contributed by atoms with Crippen LogP contribution in [0.4, 0.5) is 0 Å². The lowest BCUT2D eigenvalue weighted by Gasteiger charge is -2.09. The first-order chi connectivity index (χ1) is 10.8. The lowest BCUT2D eigenvalue weighted by molar-refractivity contribution is -0.120. The van der Waals surface area contributed by atoms with Crippen LogP contribution in [0.3, 0.4) is 0 Å². The van der Waals surface area contributed by atoms with Gasteiger partial charge < -0.3 is 10.1 Å². The Morgan fingerprint density at radius 1 is 1.05 bits per heavy atom. The molecule has 0 aromatic heterocycles. The van der Waals surface area contributed by atoms with E-state index in [0.717, 1.165) is 23.3 Å². The molecule has 2 aromatic rings. The fourth-order valence-electron chi connectivity index (χ4n) is 2.05. The Hall–Kier alpha value is -1.81. The maximum Gasteiger partial charge on any atom is 0.220 e. The van der Waals surface area contributed by atoms with Crippen molar-refractivity contribution in [3.63, 3.8) is 0 Å². The number of carbonyl (C=O) groups excluding carboxylic acids is 1.